The fourth-order valence-corrected chi connectivity index (χ4v) is 2.78. The van der Waals surface area contributed by atoms with Gasteiger partial charge in [-0.25, -0.2) is 4.79 Å². The molecule has 4 nitrogen and oxygen atoms in total. The summed E-state index contributed by atoms with van der Waals surface area (Å²) >= 11 is 6.00. The van der Waals surface area contributed by atoms with Crippen LogP contribution in [0.4, 0.5) is 5.69 Å². The number of nitrogen functional groups attached to an aromatic ring is 1. The van der Waals surface area contributed by atoms with Crippen molar-refractivity contribution < 1.29 is 9.53 Å². The molecule has 1 unspecified atom stereocenters. The molecule has 2 N–H and O–H groups in total. The number of ether oxygens (including phenoxy) is 1. The predicted molar refractivity (Wildman–Crippen MR) is 81.0 cm³/mol. The van der Waals surface area contributed by atoms with Gasteiger partial charge in [0.15, 0.2) is 0 Å². The molecule has 0 saturated carbocycles. The van der Waals surface area contributed by atoms with Gasteiger partial charge in [0.05, 0.1) is 22.9 Å². The van der Waals surface area contributed by atoms with Crippen molar-refractivity contribution in [2.75, 3.05) is 25.9 Å². The highest BCUT2D eigenvalue weighted by Gasteiger charge is 2.19. The normalized spacial score (nSPS) is 19.8. The van der Waals surface area contributed by atoms with Gasteiger partial charge in [-0.15, -0.1) is 0 Å². The van der Waals surface area contributed by atoms with E-state index >= 15 is 0 Å². The van der Waals surface area contributed by atoms with Crippen molar-refractivity contribution in [3.8, 4) is 0 Å². The zero-order valence-corrected chi connectivity index (χ0v) is 12.5. The number of carbonyl (C=O) groups excluding carboxylic acids is 1. The Bertz CT molecular complexity index is 479. The molecule has 0 aromatic heterocycles. The molecule has 0 bridgehead atoms. The van der Waals surface area contributed by atoms with Gasteiger partial charge in [0.2, 0.25) is 0 Å². The second-order valence-electron chi connectivity index (χ2n) is 5.26. The topological polar surface area (TPSA) is 55.6 Å². The molecule has 1 aromatic carbocycles. The van der Waals surface area contributed by atoms with E-state index in [1.165, 1.54) is 19.3 Å². The number of hydrogen-bond donors (Lipinski definition) is 1. The number of nitrogens with zero attached hydrogens (tertiary/aromatic N) is 1. The van der Waals surface area contributed by atoms with Crippen molar-refractivity contribution in [2.24, 2.45) is 0 Å². The molecule has 1 aromatic rings. The SMILES string of the molecule is CN1CCCCC1CCOC(=O)c1cccc(N)c1Cl. The Hall–Kier alpha value is -1.26. The van der Waals surface area contributed by atoms with Gasteiger partial charge in [-0.1, -0.05) is 24.1 Å². The molecule has 1 aliphatic rings. The first-order valence-electron chi connectivity index (χ1n) is 7.01. The fraction of sp³-hybridized carbons (Fsp3) is 0.533. The van der Waals surface area contributed by atoms with Gasteiger partial charge in [0.1, 0.15) is 0 Å². The van der Waals surface area contributed by atoms with Gasteiger partial charge in [0, 0.05) is 6.04 Å². The number of halogens is 1. The van der Waals surface area contributed by atoms with Crippen molar-refractivity contribution in [2.45, 2.75) is 31.7 Å². The van der Waals surface area contributed by atoms with Crippen LogP contribution < -0.4 is 5.73 Å². The van der Waals surface area contributed by atoms with Gasteiger partial charge < -0.3 is 15.4 Å². The average molecular weight is 297 g/mol. The van der Waals surface area contributed by atoms with E-state index < -0.39 is 5.97 Å². The molecule has 110 valence electrons. The van der Waals surface area contributed by atoms with Crippen molar-refractivity contribution in [3.05, 3.63) is 28.8 Å². The Morgan fingerprint density at radius 2 is 2.30 bits per heavy atom. The van der Waals surface area contributed by atoms with E-state index in [0.29, 0.717) is 23.9 Å². The lowest BCUT2D eigenvalue weighted by molar-refractivity contribution is 0.0450. The van der Waals surface area contributed by atoms with Gasteiger partial charge >= 0.3 is 5.97 Å². The molecule has 0 spiro atoms. The summed E-state index contributed by atoms with van der Waals surface area (Å²) in [5.74, 6) is -0.402. The summed E-state index contributed by atoms with van der Waals surface area (Å²) in [6.45, 7) is 1.54. The van der Waals surface area contributed by atoms with Crippen LogP contribution >= 0.6 is 11.6 Å². The van der Waals surface area contributed by atoms with Crippen molar-refractivity contribution in [3.63, 3.8) is 0 Å². The van der Waals surface area contributed by atoms with E-state index in [1.807, 2.05) is 0 Å². The highest BCUT2D eigenvalue weighted by Crippen LogP contribution is 2.24. The Labute approximate surface area is 124 Å². The van der Waals surface area contributed by atoms with Crippen LogP contribution in [-0.4, -0.2) is 37.1 Å². The van der Waals surface area contributed by atoms with Crippen LogP contribution in [0.2, 0.25) is 5.02 Å². The number of likely N-dealkylation sites (tertiary alicyclic amines) is 1. The van der Waals surface area contributed by atoms with Crippen LogP contribution in [0.5, 0.6) is 0 Å². The number of piperidine rings is 1. The Morgan fingerprint density at radius 1 is 1.50 bits per heavy atom. The summed E-state index contributed by atoms with van der Waals surface area (Å²) in [6.07, 6.45) is 4.55. The zero-order chi connectivity index (χ0) is 14.5. The van der Waals surface area contributed by atoms with Crippen LogP contribution in [-0.2, 0) is 4.74 Å². The third-order valence-electron chi connectivity index (χ3n) is 3.85. The van der Waals surface area contributed by atoms with Crippen molar-refractivity contribution in [1.82, 2.24) is 4.90 Å². The van der Waals surface area contributed by atoms with Crippen molar-refractivity contribution >= 4 is 23.3 Å². The van der Waals surface area contributed by atoms with E-state index in [-0.39, 0.29) is 5.02 Å². The summed E-state index contributed by atoms with van der Waals surface area (Å²) in [4.78, 5) is 14.3. The Balaban J connectivity index is 1.84. The third kappa shape index (κ3) is 3.64. The molecule has 2 rings (SSSR count). The lowest BCUT2D eigenvalue weighted by Crippen LogP contribution is -2.37. The first-order chi connectivity index (χ1) is 9.59. The summed E-state index contributed by atoms with van der Waals surface area (Å²) < 4.78 is 5.31. The average Bonchev–Trinajstić information content (AvgIpc) is 2.44. The van der Waals surface area contributed by atoms with E-state index in [9.17, 15) is 4.79 Å². The maximum absolute atomic E-state index is 12.0. The van der Waals surface area contributed by atoms with Crippen molar-refractivity contribution in [1.29, 1.82) is 0 Å². The maximum Gasteiger partial charge on any atom is 0.339 e. The zero-order valence-electron chi connectivity index (χ0n) is 11.8. The summed E-state index contributed by atoms with van der Waals surface area (Å²) in [7, 11) is 2.13. The highest BCUT2D eigenvalue weighted by molar-refractivity contribution is 6.36. The van der Waals surface area contributed by atoms with Crippen LogP contribution in [0.25, 0.3) is 0 Å². The highest BCUT2D eigenvalue weighted by atomic mass is 35.5. The Kier molecular flexibility index (Phi) is 5.26. The van der Waals surface area contributed by atoms with Gasteiger partial charge in [0.25, 0.3) is 0 Å². The summed E-state index contributed by atoms with van der Waals surface area (Å²) in [5, 5.41) is 0.271. The second kappa shape index (κ2) is 6.95. The predicted octanol–water partition coefficient (Wildman–Crippen LogP) is 2.95. The lowest BCUT2D eigenvalue weighted by atomic mass is 10.0. The molecule has 1 atom stereocenters. The molecule has 5 heteroatoms. The fourth-order valence-electron chi connectivity index (χ4n) is 2.58. The van der Waals surface area contributed by atoms with E-state index in [2.05, 4.69) is 11.9 Å². The molecule has 0 aliphatic carbocycles. The lowest BCUT2D eigenvalue weighted by Gasteiger charge is -2.32. The molecule has 1 aliphatic heterocycles. The van der Waals surface area contributed by atoms with Crippen LogP contribution in [0.15, 0.2) is 18.2 Å². The quantitative estimate of drug-likeness (QED) is 0.685. The Morgan fingerprint density at radius 3 is 3.05 bits per heavy atom. The van der Waals surface area contributed by atoms with Gasteiger partial charge in [-0.3, -0.25) is 0 Å². The first kappa shape index (κ1) is 15.1. The smallest absolute Gasteiger partial charge is 0.339 e. The molecule has 1 heterocycles. The minimum Gasteiger partial charge on any atom is -0.462 e. The van der Waals surface area contributed by atoms with Crippen LogP contribution in [0.1, 0.15) is 36.0 Å². The molecular weight excluding hydrogens is 276 g/mol. The number of nitrogens with two attached hydrogens (primary N) is 1. The second-order valence-corrected chi connectivity index (χ2v) is 5.64. The maximum atomic E-state index is 12.0. The van der Waals surface area contributed by atoms with Crippen LogP contribution in [0.3, 0.4) is 0 Å². The van der Waals surface area contributed by atoms with Gasteiger partial charge in [-0.05, 0) is 45.0 Å². The molecule has 1 saturated heterocycles. The first-order valence-corrected chi connectivity index (χ1v) is 7.38. The number of esters is 1. The minimum absolute atomic E-state index is 0.271. The molecule has 1 fully saturated rings. The number of carbonyl (C=O) groups is 1. The standard InChI is InChI=1S/C15H21ClN2O2/c1-18-9-3-2-5-11(18)8-10-20-15(19)12-6-4-7-13(17)14(12)16/h4,6-7,11H,2-3,5,8-10,17H2,1H3. The van der Waals surface area contributed by atoms with E-state index in [0.717, 1.165) is 13.0 Å². The van der Waals surface area contributed by atoms with E-state index in [1.54, 1.807) is 18.2 Å². The summed E-state index contributed by atoms with van der Waals surface area (Å²) in [5.41, 5.74) is 6.41. The summed E-state index contributed by atoms with van der Waals surface area (Å²) in [6, 6.07) is 5.50. The van der Waals surface area contributed by atoms with E-state index in [4.69, 9.17) is 22.1 Å². The number of hydrogen-bond acceptors (Lipinski definition) is 4. The number of benzene rings is 1. The largest absolute Gasteiger partial charge is 0.462 e. The molecular formula is C15H21ClN2O2. The monoisotopic (exact) mass is 296 g/mol. The number of anilines is 1. The van der Waals surface area contributed by atoms with Gasteiger partial charge in [-0.2, -0.15) is 0 Å². The van der Waals surface area contributed by atoms with Crippen LogP contribution in [0, 0.1) is 0 Å². The molecule has 0 radical (unpaired) electrons. The third-order valence-corrected chi connectivity index (χ3v) is 4.28. The number of rotatable bonds is 4. The molecule has 20 heavy (non-hydrogen) atoms. The minimum atomic E-state index is -0.402. The molecule has 0 amide bonds.